The molecule has 0 spiro atoms. The summed E-state index contributed by atoms with van der Waals surface area (Å²) in [6, 6.07) is 6.20. The quantitative estimate of drug-likeness (QED) is 0.589. The number of carbonyl (C=O) groups is 1. The second kappa shape index (κ2) is 6.97. The number of carbonyl (C=O) groups excluding carboxylic acids is 1. The van der Waals surface area contributed by atoms with Crippen molar-refractivity contribution in [2.75, 3.05) is 30.5 Å². The van der Waals surface area contributed by atoms with Gasteiger partial charge in [-0.15, -0.1) is 0 Å². The van der Waals surface area contributed by atoms with Gasteiger partial charge in [0.2, 0.25) is 0 Å². The van der Waals surface area contributed by atoms with Crippen LogP contribution in [0.5, 0.6) is 5.75 Å². The molecule has 110 valence electrons. The number of hydrogen-bond donors (Lipinski definition) is 0. The van der Waals surface area contributed by atoms with E-state index in [9.17, 15) is 4.79 Å². The van der Waals surface area contributed by atoms with Gasteiger partial charge in [-0.1, -0.05) is 22.0 Å². The van der Waals surface area contributed by atoms with E-state index >= 15 is 0 Å². The lowest BCUT2D eigenvalue weighted by Gasteiger charge is -2.26. The number of esters is 1. The zero-order valence-corrected chi connectivity index (χ0v) is 13.5. The summed E-state index contributed by atoms with van der Waals surface area (Å²) in [6.07, 6.45) is 1.24. The highest BCUT2D eigenvalue weighted by atomic mass is 79.9. The molecular weight excluding hydrogens is 322 g/mol. The predicted octanol–water partition coefficient (Wildman–Crippen LogP) is 2.77. The maximum absolute atomic E-state index is 11.8. The summed E-state index contributed by atoms with van der Waals surface area (Å²) < 4.78 is 10.5. The Bertz CT molecular complexity index is 478. The predicted molar refractivity (Wildman–Crippen MR) is 82.9 cm³/mol. The first-order valence-electron chi connectivity index (χ1n) is 6.85. The van der Waals surface area contributed by atoms with Gasteiger partial charge in [-0.3, -0.25) is 4.79 Å². The van der Waals surface area contributed by atoms with Crippen LogP contribution in [0.4, 0.5) is 5.69 Å². The maximum atomic E-state index is 11.8. The fourth-order valence-electron chi connectivity index (χ4n) is 2.75. The molecule has 2 rings (SSSR count). The number of fused-ring (bicyclic) bond motifs is 1. The fourth-order valence-corrected chi connectivity index (χ4v) is 3.13. The van der Waals surface area contributed by atoms with E-state index in [4.69, 9.17) is 9.47 Å². The summed E-state index contributed by atoms with van der Waals surface area (Å²) in [5, 5.41) is 0.864. The van der Waals surface area contributed by atoms with Gasteiger partial charge in [0.25, 0.3) is 0 Å². The number of ether oxygens (including phenoxy) is 2. The van der Waals surface area contributed by atoms with Crippen molar-refractivity contribution in [3.05, 3.63) is 23.8 Å². The highest BCUT2D eigenvalue weighted by Gasteiger charge is 2.32. The van der Waals surface area contributed by atoms with Crippen molar-refractivity contribution in [2.45, 2.75) is 25.8 Å². The third-order valence-corrected chi connectivity index (χ3v) is 3.91. The Morgan fingerprint density at radius 3 is 2.95 bits per heavy atom. The lowest BCUT2D eigenvalue weighted by atomic mass is 10.1. The first-order valence-corrected chi connectivity index (χ1v) is 7.97. The van der Waals surface area contributed by atoms with E-state index in [1.807, 2.05) is 19.1 Å². The van der Waals surface area contributed by atoms with E-state index in [0.717, 1.165) is 29.7 Å². The molecule has 1 aliphatic rings. The van der Waals surface area contributed by atoms with Crippen molar-refractivity contribution in [2.24, 2.45) is 0 Å². The van der Waals surface area contributed by atoms with Gasteiger partial charge < -0.3 is 14.4 Å². The first-order chi connectivity index (χ1) is 9.71. The fraction of sp³-hybridized carbons (Fsp3) is 0.533. The molecule has 1 atom stereocenters. The third kappa shape index (κ3) is 3.08. The minimum Gasteiger partial charge on any atom is -0.496 e. The Kier molecular flexibility index (Phi) is 5.29. The van der Waals surface area contributed by atoms with Crippen LogP contribution in [-0.4, -0.2) is 37.6 Å². The molecular formula is C15H20BrNO3. The van der Waals surface area contributed by atoms with Crippen LogP contribution in [0.15, 0.2) is 18.2 Å². The molecule has 0 fully saturated rings. The molecule has 0 bridgehead atoms. The van der Waals surface area contributed by atoms with E-state index in [-0.39, 0.29) is 12.0 Å². The van der Waals surface area contributed by atoms with Crippen molar-refractivity contribution >= 4 is 27.6 Å². The summed E-state index contributed by atoms with van der Waals surface area (Å²) in [5.74, 6) is 0.761. The van der Waals surface area contributed by atoms with Crippen molar-refractivity contribution in [1.82, 2.24) is 0 Å². The lowest BCUT2D eigenvalue weighted by Crippen LogP contribution is -2.35. The minimum atomic E-state index is -0.135. The first kappa shape index (κ1) is 15.2. The zero-order chi connectivity index (χ0) is 14.5. The summed E-state index contributed by atoms with van der Waals surface area (Å²) >= 11 is 3.48. The second-order valence-electron chi connectivity index (χ2n) is 4.71. The Morgan fingerprint density at radius 1 is 1.50 bits per heavy atom. The van der Waals surface area contributed by atoms with Crippen LogP contribution in [0, 0.1) is 0 Å². The maximum Gasteiger partial charge on any atom is 0.307 e. The van der Waals surface area contributed by atoms with Crippen LogP contribution in [0.1, 0.15) is 18.9 Å². The smallest absolute Gasteiger partial charge is 0.307 e. The van der Waals surface area contributed by atoms with Crippen LogP contribution in [-0.2, 0) is 16.0 Å². The lowest BCUT2D eigenvalue weighted by molar-refractivity contribution is -0.143. The molecule has 0 amide bonds. The van der Waals surface area contributed by atoms with Gasteiger partial charge in [0, 0.05) is 29.2 Å². The third-order valence-electron chi connectivity index (χ3n) is 3.55. The molecule has 20 heavy (non-hydrogen) atoms. The standard InChI is InChI=1S/C15H20BrNO3/c1-3-20-15(18)10-11-9-12-13(17(11)8-7-16)5-4-6-14(12)19-2/h4-6,11H,3,7-10H2,1-2H3. The molecule has 1 aromatic rings. The topological polar surface area (TPSA) is 38.8 Å². The highest BCUT2D eigenvalue weighted by molar-refractivity contribution is 9.09. The van der Waals surface area contributed by atoms with E-state index in [2.05, 4.69) is 26.9 Å². The molecule has 0 saturated heterocycles. The van der Waals surface area contributed by atoms with Gasteiger partial charge in [-0.25, -0.2) is 0 Å². The summed E-state index contributed by atoms with van der Waals surface area (Å²) in [6.45, 7) is 3.13. The Hall–Kier alpha value is -1.23. The average molecular weight is 342 g/mol. The number of nitrogens with zero attached hydrogens (tertiary/aromatic N) is 1. The second-order valence-corrected chi connectivity index (χ2v) is 5.50. The molecule has 0 saturated carbocycles. The van der Waals surface area contributed by atoms with Crippen molar-refractivity contribution < 1.29 is 14.3 Å². The Balaban J connectivity index is 2.21. The van der Waals surface area contributed by atoms with Gasteiger partial charge in [0.1, 0.15) is 5.75 Å². The van der Waals surface area contributed by atoms with Crippen molar-refractivity contribution in [3.8, 4) is 5.75 Å². The molecule has 0 aromatic heterocycles. The number of anilines is 1. The molecule has 1 aliphatic heterocycles. The molecule has 1 aromatic carbocycles. The van der Waals surface area contributed by atoms with E-state index < -0.39 is 0 Å². The van der Waals surface area contributed by atoms with E-state index in [0.29, 0.717) is 13.0 Å². The number of methoxy groups -OCH3 is 1. The van der Waals surface area contributed by atoms with Crippen molar-refractivity contribution in [1.29, 1.82) is 0 Å². The molecule has 0 N–H and O–H groups in total. The van der Waals surface area contributed by atoms with Gasteiger partial charge in [-0.05, 0) is 25.5 Å². The zero-order valence-electron chi connectivity index (χ0n) is 11.9. The summed E-state index contributed by atoms with van der Waals surface area (Å²) in [5.41, 5.74) is 2.35. The van der Waals surface area contributed by atoms with Crippen LogP contribution in [0.25, 0.3) is 0 Å². The molecule has 1 heterocycles. The summed E-state index contributed by atoms with van der Waals surface area (Å²) in [7, 11) is 1.68. The molecule has 5 heteroatoms. The monoisotopic (exact) mass is 341 g/mol. The Labute approximate surface area is 128 Å². The summed E-state index contributed by atoms with van der Waals surface area (Å²) in [4.78, 5) is 14.0. The highest BCUT2D eigenvalue weighted by Crippen LogP contribution is 2.39. The van der Waals surface area contributed by atoms with Gasteiger partial charge in [0.05, 0.1) is 20.1 Å². The molecule has 0 radical (unpaired) electrons. The minimum absolute atomic E-state index is 0.135. The van der Waals surface area contributed by atoms with Crippen LogP contribution < -0.4 is 9.64 Å². The SMILES string of the molecule is CCOC(=O)CC1Cc2c(OC)cccc2N1CCBr. The van der Waals surface area contributed by atoms with Gasteiger partial charge in [-0.2, -0.15) is 0 Å². The number of rotatable bonds is 6. The molecule has 1 unspecified atom stereocenters. The van der Waals surface area contributed by atoms with Gasteiger partial charge >= 0.3 is 5.97 Å². The van der Waals surface area contributed by atoms with Crippen LogP contribution in [0.3, 0.4) is 0 Å². The molecule has 4 nitrogen and oxygen atoms in total. The molecule has 0 aliphatic carbocycles. The number of halogens is 1. The van der Waals surface area contributed by atoms with Gasteiger partial charge in [0.15, 0.2) is 0 Å². The van der Waals surface area contributed by atoms with Crippen molar-refractivity contribution in [3.63, 3.8) is 0 Å². The van der Waals surface area contributed by atoms with E-state index in [1.165, 1.54) is 5.56 Å². The largest absolute Gasteiger partial charge is 0.496 e. The van der Waals surface area contributed by atoms with Crippen LogP contribution in [0.2, 0.25) is 0 Å². The normalized spacial score (nSPS) is 16.9. The number of benzene rings is 1. The average Bonchev–Trinajstić information content (AvgIpc) is 2.77. The number of alkyl halides is 1. The van der Waals surface area contributed by atoms with E-state index in [1.54, 1.807) is 7.11 Å². The Morgan fingerprint density at radius 2 is 2.30 bits per heavy atom. The number of hydrogen-bond acceptors (Lipinski definition) is 4. The van der Waals surface area contributed by atoms with Crippen LogP contribution >= 0.6 is 15.9 Å².